The molecule has 0 aliphatic heterocycles. The summed E-state index contributed by atoms with van der Waals surface area (Å²) in [5.41, 5.74) is 2.89. The summed E-state index contributed by atoms with van der Waals surface area (Å²) >= 11 is 7.57. The van der Waals surface area contributed by atoms with E-state index >= 15 is 0 Å². The molecule has 144 valence electrons. The van der Waals surface area contributed by atoms with Crippen molar-refractivity contribution in [2.45, 2.75) is 41.0 Å². The van der Waals surface area contributed by atoms with Crippen LogP contribution in [0.1, 0.15) is 44.5 Å². The molecule has 0 bridgehead atoms. The summed E-state index contributed by atoms with van der Waals surface area (Å²) in [5.74, 6) is 0.602. The number of aromatic nitrogens is 1. The maximum absolute atomic E-state index is 9.56. The van der Waals surface area contributed by atoms with Gasteiger partial charge >= 0.3 is 0 Å². The minimum absolute atomic E-state index is 0.0431. The molecule has 1 aromatic carbocycles. The zero-order valence-corrected chi connectivity index (χ0v) is 18.2. The highest BCUT2D eigenvalue weighted by molar-refractivity contribution is 7.08. The molecule has 0 amide bonds. The zero-order chi connectivity index (χ0) is 20.2. The maximum Gasteiger partial charge on any atom is 0.218 e. The van der Waals surface area contributed by atoms with Crippen LogP contribution in [0.3, 0.4) is 0 Å². The lowest BCUT2D eigenvalue weighted by Crippen LogP contribution is -2.14. The van der Waals surface area contributed by atoms with Crippen LogP contribution in [0.4, 0.5) is 5.69 Å². The first-order chi connectivity index (χ1) is 12.6. The smallest absolute Gasteiger partial charge is 0.218 e. The van der Waals surface area contributed by atoms with Gasteiger partial charge in [0, 0.05) is 31.2 Å². The summed E-state index contributed by atoms with van der Waals surface area (Å²) in [6.45, 7) is 11.2. The number of nitriles is 1. The van der Waals surface area contributed by atoms with Crippen molar-refractivity contribution in [1.82, 2.24) is 9.27 Å². The van der Waals surface area contributed by atoms with E-state index in [1.807, 2.05) is 31.9 Å². The predicted molar refractivity (Wildman–Crippen MR) is 113 cm³/mol. The van der Waals surface area contributed by atoms with E-state index < -0.39 is 0 Å². The molecule has 0 aliphatic rings. The number of aryl methyl sites for hydroxylation is 1. The number of aliphatic imine (C=N–C) groups is 1. The third-order valence-corrected chi connectivity index (χ3v) is 4.95. The number of nitrogens with zero attached hydrogens (tertiary/aromatic N) is 4. The SMILES string of the molecule is CCN(C)C=Nc1cc(C)c(Oc2snc(CC(C)(C)C)c2C#N)cc1Cl. The third kappa shape index (κ3) is 5.69. The quantitative estimate of drug-likeness (QED) is 0.439. The summed E-state index contributed by atoms with van der Waals surface area (Å²) < 4.78 is 10.4. The molecule has 0 spiro atoms. The Bertz CT molecular complexity index is 877. The van der Waals surface area contributed by atoms with Crippen LogP contribution in [0.2, 0.25) is 5.02 Å². The van der Waals surface area contributed by atoms with Gasteiger partial charge < -0.3 is 9.64 Å². The number of rotatable bonds is 6. The lowest BCUT2D eigenvalue weighted by Gasteiger charge is -2.16. The van der Waals surface area contributed by atoms with Gasteiger partial charge in [-0.3, -0.25) is 0 Å². The molecular formula is C20H25ClN4OS. The van der Waals surface area contributed by atoms with Crippen LogP contribution >= 0.6 is 23.1 Å². The van der Waals surface area contributed by atoms with Gasteiger partial charge in [0.25, 0.3) is 0 Å². The first-order valence-corrected chi connectivity index (χ1v) is 9.90. The van der Waals surface area contributed by atoms with Crippen molar-refractivity contribution in [3.8, 4) is 16.9 Å². The average molecular weight is 405 g/mol. The van der Waals surface area contributed by atoms with E-state index in [2.05, 4.69) is 36.2 Å². The fourth-order valence-electron chi connectivity index (χ4n) is 2.31. The van der Waals surface area contributed by atoms with Crippen molar-refractivity contribution < 1.29 is 4.74 Å². The van der Waals surface area contributed by atoms with E-state index in [0.29, 0.717) is 33.5 Å². The van der Waals surface area contributed by atoms with Gasteiger partial charge in [0.15, 0.2) is 0 Å². The molecule has 0 unspecified atom stereocenters. The molecule has 0 saturated heterocycles. The van der Waals surface area contributed by atoms with Crippen molar-refractivity contribution in [3.05, 3.63) is 34.0 Å². The number of ether oxygens (including phenoxy) is 1. The minimum Gasteiger partial charge on any atom is -0.443 e. The molecule has 0 fully saturated rings. The molecule has 0 N–H and O–H groups in total. The van der Waals surface area contributed by atoms with Gasteiger partial charge in [-0.1, -0.05) is 32.4 Å². The second kappa shape index (κ2) is 8.73. The van der Waals surface area contributed by atoms with Crippen molar-refractivity contribution >= 4 is 35.2 Å². The van der Waals surface area contributed by atoms with E-state index in [1.54, 1.807) is 12.4 Å². The van der Waals surface area contributed by atoms with E-state index in [9.17, 15) is 5.26 Å². The predicted octanol–water partition coefficient (Wildman–Crippen LogP) is 5.97. The Morgan fingerprint density at radius 1 is 1.41 bits per heavy atom. The van der Waals surface area contributed by atoms with Crippen LogP contribution in [0.25, 0.3) is 0 Å². The Morgan fingerprint density at radius 3 is 2.70 bits per heavy atom. The molecule has 0 radical (unpaired) electrons. The van der Waals surface area contributed by atoms with Gasteiger partial charge in [-0.15, -0.1) is 0 Å². The second-order valence-electron chi connectivity index (χ2n) is 7.63. The van der Waals surface area contributed by atoms with Crippen LogP contribution in [-0.4, -0.2) is 29.2 Å². The van der Waals surface area contributed by atoms with Crippen molar-refractivity contribution in [3.63, 3.8) is 0 Å². The van der Waals surface area contributed by atoms with Crippen molar-refractivity contribution in [1.29, 1.82) is 5.26 Å². The molecule has 2 rings (SSSR count). The molecule has 0 saturated carbocycles. The van der Waals surface area contributed by atoms with E-state index in [4.69, 9.17) is 16.3 Å². The normalized spacial score (nSPS) is 11.6. The summed E-state index contributed by atoms with van der Waals surface area (Å²) in [6, 6.07) is 5.84. The molecule has 7 heteroatoms. The third-order valence-electron chi connectivity index (χ3n) is 3.88. The Balaban J connectivity index is 2.30. The second-order valence-corrected chi connectivity index (χ2v) is 8.77. The van der Waals surface area contributed by atoms with E-state index in [1.165, 1.54) is 11.5 Å². The van der Waals surface area contributed by atoms with Crippen molar-refractivity contribution in [2.75, 3.05) is 13.6 Å². The Labute approximate surface area is 170 Å². The van der Waals surface area contributed by atoms with Gasteiger partial charge in [0.05, 0.1) is 22.7 Å². The number of hydrogen-bond acceptors (Lipinski definition) is 5. The summed E-state index contributed by atoms with van der Waals surface area (Å²) in [7, 11) is 1.95. The highest BCUT2D eigenvalue weighted by Gasteiger charge is 2.21. The standard InChI is InChI=1S/C20H25ClN4OS/c1-7-25(6)12-23-16-8-13(2)18(9-15(16)21)26-19-14(11-22)17(24-27-19)10-20(3,4)5/h8-9,12H,7,10H2,1-6H3. The van der Waals surface area contributed by atoms with Crippen LogP contribution in [-0.2, 0) is 6.42 Å². The molecule has 27 heavy (non-hydrogen) atoms. The maximum atomic E-state index is 9.56. The fraction of sp³-hybridized carbons (Fsp3) is 0.450. The molecule has 5 nitrogen and oxygen atoms in total. The Hall–Kier alpha value is -2.10. The molecule has 2 aromatic rings. The summed E-state index contributed by atoms with van der Waals surface area (Å²) in [5, 5.41) is 10.6. The van der Waals surface area contributed by atoms with Gasteiger partial charge in [-0.05, 0) is 37.3 Å². The highest BCUT2D eigenvalue weighted by Crippen LogP contribution is 2.38. The van der Waals surface area contributed by atoms with Crippen LogP contribution in [0, 0.1) is 23.7 Å². The summed E-state index contributed by atoms with van der Waals surface area (Å²) in [6.07, 6.45) is 2.46. The lowest BCUT2D eigenvalue weighted by atomic mass is 9.89. The van der Waals surface area contributed by atoms with E-state index in [-0.39, 0.29) is 5.41 Å². The fourth-order valence-corrected chi connectivity index (χ4v) is 3.24. The van der Waals surface area contributed by atoms with E-state index in [0.717, 1.165) is 17.8 Å². The minimum atomic E-state index is 0.0431. The van der Waals surface area contributed by atoms with Gasteiger partial charge in [-0.2, -0.15) is 9.64 Å². The van der Waals surface area contributed by atoms with Gasteiger partial charge in [0.2, 0.25) is 5.06 Å². The van der Waals surface area contributed by atoms with Gasteiger partial charge in [-0.25, -0.2) is 4.99 Å². The molecule has 1 aromatic heterocycles. The largest absolute Gasteiger partial charge is 0.443 e. The first kappa shape index (κ1) is 21.2. The molecule has 0 atom stereocenters. The molecule has 0 aliphatic carbocycles. The first-order valence-electron chi connectivity index (χ1n) is 8.75. The number of halogens is 1. The number of benzene rings is 1. The Kier molecular flexibility index (Phi) is 6.85. The van der Waals surface area contributed by atoms with Gasteiger partial charge in [0.1, 0.15) is 17.4 Å². The van der Waals surface area contributed by atoms with Crippen molar-refractivity contribution in [2.24, 2.45) is 10.4 Å². The number of hydrogen-bond donors (Lipinski definition) is 0. The molecular weight excluding hydrogens is 380 g/mol. The van der Waals surface area contributed by atoms with Crippen LogP contribution in [0.15, 0.2) is 17.1 Å². The van der Waals surface area contributed by atoms with Crippen LogP contribution in [0.5, 0.6) is 10.8 Å². The zero-order valence-electron chi connectivity index (χ0n) is 16.6. The topological polar surface area (TPSA) is 61.5 Å². The highest BCUT2D eigenvalue weighted by atomic mass is 35.5. The Morgan fingerprint density at radius 2 is 2.11 bits per heavy atom. The van der Waals surface area contributed by atoms with Crippen LogP contribution < -0.4 is 4.74 Å². The average Bonchev–Trinajstić information content (AvgIpc) is 2.95. The summed E-state index contributed by atoms with van der Waals surface area (Å²) in [4.78, 5) is 6.38. The lowest BCUT2D eigenvalue weighted by molar-refractivity contribution is 0.406. The molecule has 1 heterocycles. The monoisotopic (exact) mass is 404 g/mol.